The molecule has 118 valence electrons. The van der Waals surface area contributed by atoms with E-state index in [0.717, 1.165) is 25.7 Å². The first-order chi connectivity index (χ1) is 9.58. The van der Waals surface area contributed by atoms with Crippen LogP contribution in [-0.2, 0) is 9.53 Å². The summed E-state index contributed by atoms with van der Waals surface area (Å²) in [6.07, 6.45) is 4.24. The zero-order valence-corrected chi connectivity index (χ0v) is 13.0. The topological polar surface area (TPSA) is 84.7 Å². The molecule has 0 rings (SSSR count). The number of rotatable bonds is 10. The summed E-state index contributed by atoms with van der Waals surface area (Å²) in [5.74, 6) is 5.22. The maximum absolute atomic E-state index is 11.9. The predicted octanol–water partition coefficient (Wildman–Crippen LogP) is 2.04. The van der Waals surface area contributed by atoms with Crippen molar-refractivity contribution in [3.05, 3.63) is 0 Å². The number of carbonyl (C=O) groups is 2. The summed E-state index contributed by atoms with van der Waals surface area (Å²) >= 11 is 0. The van der Waals surface area contributed by atoms with Crippen molar-refractivity contribution in [2.24, 2.45) is 11.8 Å². The summed E-state index contributed by atoms with van der Waals surface area (Å²) in [6, 6.07) is 0. The van der Waals surface area contributed by atoms with E-state index in [1.807, 2.05) is 0 Å². The first-order valence-corrected chi connectivity index (χ1v) is 7.50. The van der Waals surface area contributed by atoms with E-state index >= 15 is 0 Å². The Bertz CT molecular complexity index is 285. The van der Waals surface area contributed by atoms with E-state index in [9.17, 15) is 9.59 Å². The minimum atomic E-state index is -0.354. The number of hydrazine groups is 1. The van der Waals surface area contributed by atoms with E-state index in [1.165, 1.54) is 0 Å². The first-order valence-electron chi connectivity index (χ1n) is 7.50. The van der Waals surface area contributed by atoms with Gasteiger partial charge in [-0.3, -0.25) is 10.2 Å². The van der Waals surface area contributed by atoms with Gasteiger partial charge in [0.1, 0.15) is 0 Å². The number of unbranched alkanes of at least 4 members (excludes halogenated alkanes) is 1. The average Bonchev–Trinajstić information content (AvgIpc) is 2.46. The number of nitrogens with zero attached hydrogens (tertiary/aromatic N) is 1. The molecule has 0 aromatic rings. The van der Waals surface area contributed by atoms with Crippen LogP contribution in [0, 0.1) is 5.92 Å². The molecule has 0 spiro atoms. The number of nitrogens with one attached hydrogen (secondary N) is 1. The van der Waals surface area contributed by atoms with Crippen molar-refractivity contribution in [2.45, 2.75) is 52.9 Å². The highest BCUT2D eigenvalue weighted by molar-refractivity contribution is 5.76. The highest BCUT2D eigenvalue weighted by Gasteiger charge is 2.19. The van der Waals surface area contributed by atoms with Gasteiger partial charge in [0.05, 0.1) is 6.61 Å². The van der Waals surface area contributed by atoms with Gasteiger partial charge in [-0.2, -0.15) is 0 Å². The Kier molecular flexibility index (Phi) is 10.8. The molecule has 1 unspecified atom stereocenters. The minimum absolute atomic E-state index is 0.194. The van der Waals surface area contributed by atoms with Crippen LogP contribution < -0.4 is 11.3 Å². The number of amides is 2. The molecule has 0 aliphatic rings. The van der Waals surface area contributed by atoms with Crippen LogP contribution in [0.4, 0.5) is 4.79 Å². The van der Waals surface area contributed by atoms with Crippen molar-refractivity contribution in [2.75, 3.05) is 19.7 Å². The van der Waals surface area contributed by atoms with E-state index in [4.69, 9.17) is 10.6 Å². The Morgan fingerprint density at radius 1 is 1.30 bits per heavy atom. The van der Waals surface area contributed by atoms with Crippen molar-refractivity contribution in [3.63, 3.8) is 0 Å². The summed E-state index contributed by atoms with van der Waals surface area (Å²) in [5.41, 5.74) is 2.08. The van der Waals surface area contributed by atoms with Gasteiger partial charge in [-0.15, -0.1) is 0 Å². The zero-order chi connectivity index (χ0) is 15.4. The normalized spacial score (nSPS) is 11.8. The van der Waals surface area contributed by atoms with Crippen LogP contribution >= 0.6 is 0 Å². The Labute approximate surface area is 122 Å². The molecule has 20 heavy (non-hydrogen) atoms. The Balaban J connectivity index is 4.48. The Morgan fingerprint density at radius 2 is 2.00 bits per heavy atom. The van der Waals surface area contributed by atoms with Crippen molar-refractivity contribution in [1.82, 2.24) is 10.3 Å². The van der Waals surface area contributed by atoms with Crippen LogP contribution in [0.25, 0.3) is 0 Å². The molecule has 0 heterocycles. The van der Waals surface area contributed by atoms with Crippen molar-refractivity contribution < 1.29 is 14.3 Å². The van der Waals surface area contributed by atoms with Gasteiger partial charge in [0, 0.05) is 19.5 Å². The maximum Gasteiger partial charge on any atom is 0.409 e. The number of nitrogens with two attached hydrogens (primary N) is 1. The molecule has 0 aromatic carbocycles. The molecule has 0 saturated heterocycles. The van der Waals surface area contributed by atoms with Crippen molar-refractivity contribution in [1.29, 1.82) is 0 Å². The average molecular weight is 287 g/mol. The molecule has 0 saturated carbocycles. The second kappa shape index (κ2) is 11.5. The van der Waals surface area contributed by atoms with E-state index in [1.54, 1.807) is 11.8 Å². The summed E-state index contributed by atoms with van der Waals surface area (Å²) < 4.78 is 5.04. The fourth-order valence-corrected chi connectivity index (χ4v) is 2.01. The van der Waals surface area contributed by atoms with Gasteiger partial charge in [0.25, 0.3) is 0 Å². The number of hydrogen-bond acceptors (Lipinski definition) is 4. The maximum atomic E-state index is 11.9. The van der Waals surface area contributed by atoms with Gasteiger partial charge >= 0.3 is 6.09 Å². The van der Waals surface area contributed by atoms with Crippen LogP contribution in [0.15, 0.2) is 0 Å². The third-order valence-corrected chi connectivity index (χ3v) is 3.32. The second-order valence-electron chi connectivity index (χ2n) is 4.88. The number of carbonyl (C=O) groups excluding carboxylic acids is 2. The Hall–Kier alpha value is -1.30. The predicted molar refractivity (Wildman–Crippen MR) is 78.8 cm³/mol. The lowest BCUT2D eigenvalue weighted by Crippen LogP contribution is -2.39. The standard InChI is InChI=1S/C14H29N3O3/c1-4-7-8-12(5-2)11-17(14(19)20-6-3)10-9-13(18)16-15/h12H,4-11,15H2,1-3H3,(H,16,18). The van der Waals surface area contributed by atoms with E-state index in [-0.39, 0.29) is 18.4 Å². The first kappa shape index (κ1) is 18.7. The lowest BCUT2D eigenvalue weighted by atomic mass is 9.99. The van der Waals surface area contributed by atoms with E-state index in [2.05, 4.69) is 19.3 Å². The Morgan fingerprint density at radius 3 is 2.50 bits per heavy atom. The molecule has 0 fully saturated rings. The molecule has 6 heteroatoms. The van der Waals surface area contributed by atoms with Gasteiger partial charge in [0.15, 0.2) is 0 Å². The zero-order valence-electron chi connectivity index (χ0n) is 13.0. The molecule has 3 N–H and O–H groups in total. The van der Waals surface area contributed by atoms with Gasteiger partial charge in [-0.25, -0.2) is 10.6 Å². The summed E-state index contributed by atoms with van der Waals surface area (Å²) in [5, 5.41) is 0. The highest BCUT2D eigenvalue weighted by Crippen LogP contribution is 2.15. The van der Waals surface area contributed by atoms with Gasteiger partial charge in [-0.05, 0) is 19.3 Å². The lowest BCUT2D eigenvalue weighted by Gasteiger charge is -2.26. The van der Waals surface area contributed by atoms with Crippen LogP contribution in [0.1, 0.15) is 52.9 Å². The lowest BCUT2D eigenvalue weighted by molar-refractivity contribution is -0.121. The van der Waals surface area contributed by atoms with Crippen LogP contribution in [-0.4, -0.2) is 36.6 Å². The van der Waals surface area contributed by atoms with E-state index in [0.29, 0.717) is 25.6 Å². The largest absolute Gasteiger partial charge is 0.450 e. The van der Waals surface area contributed by atoms with Gasteiger partial charge in [-0.1, -0.05) is 33.1 Å². The van der Waals surface area contributed by atoms with Crippen molar-refractivity contribution in [3.8, 4) is 0 Å². The SMILES string of the molecule is CCCCC(CC)CN(CCC(=O)NN)C(=O)OCC. The number of hydrogen-bond donors (Lipinski definition) is 2. The van der Waals surface area contributed by atoms with Gasteiger partial charge < -0.3 is 9.64 Å². The van der Waals surface area contributed by atoms with Crippen molar-refractivity contribution >= 4 is 12.0 Å². The molecule has 0 bridgehead atoms. The summed E-state index contributed by atoms with van der Waals surface area (Å²) in [7, 11) is 0. The quantitative estimate of drug-likeness (QED) is 0.366. The van der Waals surface area contributed by atoms with Crippen LogP contribution in [0.3, 0.4) is 0 Å². The van der Waals surface area contributed by atoms with Crippen LogP contribution in [0.5, 0.6) is 0 Å². The molecule has 0 aromatic heterocycles. The number of ether oxygens (including phenoxy) is 1. The molecule has 2 amide bonds. The molecule has 6 nitrogen and oxygen atoms in total. The molecule has 0 aliphatic carbocycles. The van der Waals surface area contributed by atoms with Crippen LogP contribution in [0.2, 0.25) is 0 Å². The molecular weight excluding hydrogens is 258 g/mol. The molecule has 0 radical (unpaired) electrons. The molecule has 1 atom stereocenters. The van der Waals surface area contributed by atoms with E-state index < -0.39 is 0 Å². The fourth-order valence-electron chi connectivity index (χ4n) is 2.01. The second-order valence-corrected chi connectivity index (χ2v) is 4.88. The minimum Gasteiger partial charge on any atom is -0.450 e. The van der Waals surface area contributed by atoms with Gasteiger partial charge in [0.2, 0.25) is 5.91 Å². The highest BCUT2D eigenvalue weighted by atomic mass is 16.6. The molecule has 0 aliphatic heterocycles. The third-order valence-electron chi connectivity index (χ3n) is 3.32. The third kappa shape index (κ3) is 7.99. The summed E-state index contributed by atoms with van der Waals surface area (Å²) in [6.45, 7) is 7.36. The summed E-state index contributed by atoms with van der Waals surface area (Å²) in [4.78, 5) is 24.7. The molecular formula is C14H29N3O3. The fraction of sp³-hybridized carbons (Fsp3) is 0.857. The smallest absolute Gasteiger partial charge is 0.409 e. The monoisotopic (exact) mass is 287 g/mol.